The van der Waals surface area contributed by atoms with Crippen LogP contribution in [0.3, 0.4) is 0 Å². The van der Waals surface area contributed by atoms with Gasteiger partial charge < -0.3 is 9.88 Å². The lowest BCUT2D eigenvalue weighted by Gasteiger charge is -2.14. The SMILES string of the molecule is CC(NCCCCn1ccnc1)c1ccnn1C. The molecule has 0 aliphatic heterocycles. The number of imidazole rings is 1. The lowest BCUT2D eigenvalue weighted by Crippen LogP contribution is -2.22. The lowest BCUT2D eigenvalue weighted by molar-refractivity contribution is 0.500. The molecule has 1 N–H and O–H groups in total. The van der Waals surface area contributed by atoms with E-state index >= 15 is 0 Å². The molecule has 0 radical (unpaired) electrons. The molecule has 2 rings (SSSR count). The average Bonchev–Trinajstić information content (AvgIpc) is 2.99. The maximum atomic E-state index is 4.18. The summed E-state index contributed by atoms with van der Waals surface area (Å²) in [5, 5.41) is 7.70. The molecule has 2 aromatic heterocycles. The zero-order valence-corrected chi connectivity index (χ0v) is 11.1. The van der Waals surface area contributed by atoms with E-state index in [1.165, 1.54) is 18.5 Å². The van der Waals surface area contributed by atoms with E-state index in [1.807, 2.05) is 36.6 Å². The maximum absolute atomic E-state index is 4.18. The summed E-state index contributed by atoms with van der Waals surface area (Å²) in [4.78, 5) is 4.03. The number of unbranched alkanes of at least 4 members (excludes halogenated alkanes) is 1. The zero-order chi connectivity index (χ0) is 12.8. The first-order valence-electron chi connectivity index (χ1n) is 6.44. The van der Waals surface area contributed by atoms with Gasteiger partial charge in [0.25, 0.3) is 0 Å². The van der Waals surface area contributed by atoms with Gasteiger partial charge in [-0.2, -0.15) is 5.10 Å². The van der Waals surface area contributed by atoms with Gasteiger partial charge in [0, 0.05) is 38.2 Å². The van der Waals surface area contributed by atoms with Gasteiger partial charge >= 0.3 is 0 Å². The maximum Gasteiger partial charge on any atom is 0.0945 e. The minimum atomic E-state index is 0.353. The van der Waals surface area contributed by atoms with Crippen LogP contribution >= 0.6 is 0 Å². The third kappa shape index (κ3) is 3.43. The monoisotopic (exact) mass is 247 g/mol. The normalized spacial score (nSPS) is 12.8. The second-order valence-corrected chi connectivity index (χ2v) is 4.56. The van der Waals surface area contributed by atoms with Gasteiger partial charge in [0.1, 0.15) is 0 Å². The van der Waals surface area contributed by atoms with Gasteiger partial charge in [-0.05, 0) is 32.4 Å². The summed E-state index contributed by atoms with van der Waals surface area (Å²) in [5.41, 5.74) is 1.23. The van der Waals surface area contributed by atoms with Gasteiger partial charge in [-0.1, -0.05) is 0 Å². The molecule has 0 aliphatic carbocycles. The van der Waals surface area contributed by atoms with Gasteiger partial charge in [-0.15, -0.1) is 0 Å². The van der Waals surface area contributed by atoms with Crippen LogP contribution in [-0.2, 0) is 13.6 Å². The topological polar surface area (TPSA) is 47.7 Å². The number of nitrogens with zero attached hydrogens (tertiary/aromatic N) is 4. The van der Waals surface area contributed by atoms with E-state index in [0.717, 1.165) is 13.1 Å². The number of aromatic nitrogens is 4. The molecule has 1 atom stereocenters. The summed E-state index contributed by atoms with van der Waals surface area (Å²) in [6, 6.07) is 2.41. The third-order valence-corrected chi connectivity index (χ3v) is 3.16. The van der Waals surface area contributed by atoms with Crippen LogP contribution in [0.5, 0.6) is 0 Å². The van der Waals surface area contributed by atoms with E-state index in [-0.39, 0.29) is 0 Å². The van der Waals surface area contributed by atoms with E-state index in [0.29, 0.717) is 6.04 Å². The molecular formula is C13H21N5. The van der Waals surface area contributed by atoms with Crippen LogP contribution in [0.25, 0.3) is 0 Å². The number of hydrogen-bond donors (Lipinski definition) is 1. The van der Waals surface area contributed by atoms with Crippen molar-refractivity contribution < 1.29 is 0 Å². The molecule has 0 aromatic carbocycles. The van der Waals surface area contributed by atoms with Crippen molar-refractivity contribution in [2.24, 2.45) is 7.05 Å². The number of nitrogens with one attached hydrogen (secondary N) is 1. The quantitative estimate of drug-likeness (QED) is 0.758. The van der Waals surface area contributed by atoms with Crippen molar-refractivity contribution >= 4 is 0 Å². The van der Waals surface area contributed by atoms with Crippen molar-refractivity contribution in [2.75, 3.05) is 6.54 Å². The Balaban J connectivity index is 1.62. The van der Waals surface area contributed by atoms with Crippen molar-refractivity contribution in [2.45, 2.75) is 32.4 Å². The lowest BCUT2D eigenvalue weighted by atomic mass is 10.2. The molecule has 2 heterocycles. The van der Waals surface area contributed by atoms with Crippen LogP contribution in [0.15, 0.2) is 31.0 Å². The van der Waals surface area contributed by atoms with Crippen molar-refractivity contribution in [3.63, 3.8) is 0 Å². The zero-order valence-electron chi connectivity index (χ0n) is 11.1. The smallest absolute Gasteiger partial charge is 0.0945 e. The van der Waals surface area contributed by atoms with Gasteiger partial charge in [-0.3, -0.25) is 4.68 Å². The van der Waals surface area contributed by atoms with Crippen LogP contribution in [0, 0.1) is 0 Å². The molecule has 0 fully saturated rings. The summed E-state index contributed by atoms with van der Waals surface area (Å²) in [5.74, 6) is 0. The molecule has 0 bridgehead atoms. The Morgan fingerprint density at radius 1 is 1.33 bits per heavy atom. The highest BCUT2D eigenvalue weighted by Crippen LogP contribution is 2.09. The van der Waals surface area contributed by atoms with E-state index < -0.39 is 0 Å². The van der Waals surface area contributed by atoms with Gasteiger partial charge in [0.05, 0.1) is 12.0 Å². The van der Waals surface area contributed by atoms with Crippen molar-refractivity contribution in [3.8, 4) is 0 Å². The molecule has 0 spiro atoms. The molecule has 18 heavy (non-hydrogen) atoms. The largest absolute Gasteiger partial charge is 0.337 e. The molecule has 5 heteroatoms. The Bertz CT molecular complexity index is 446. The highest BCUT2D eigenvalue weighted by Gasteiger charge is 2.07. The molecule has 0 aliphatic rings. The van der Waals surface area contributed by atoms with Crippen LogP contribution in [0.1, 0.15) is 31.5 Å². The summed E-state index contributed by atoms with van der Waals surface area (Å²) in [6.07, 6.45) is 9.87. The van der Waals surface area contributed by atoms with Crippen LogP contribution < -0.4 is 5.32 Å². The Morgan fingerprint density at radius 2 is 2.22 bits per heavy atom. The predicted molar refractivity (Wildman–Crippen MR) is 71.1 cm³/mol. The van der Waals surface area contributed by atoms with Gasteiger partial charge in [0.15, 0.2) is 0 Å². The van der Waals surface area contributed by atoms with Crippen LogP contribution in [-0.4, -0.2) is 25.9 Å². The van der Waals surface area contributed by atoms with Crippen LogP contribution in [0.2, 0.25) is 0 Å². The molecule has 5 nitrogen and oxygen atoms in total. The van der Waals surface area contributed by atoms with Crippen molar-refractivity contribution in [3.05, 3.63) is 36.7 Å². The summed E-state index contributed by atoms with van der Waals surface area (Å²) >= 11 is 0. The Hall–Kier alpha value is -1.62. The minimum absolute atomic E-state index is 0.353. The predicted octanol–water partition coefficient (Wildman–Crippen LogP) is 1.75. The fourth-order valence-electron chi connectivity index (χ4n) is 2.07. The Morgan fingerprint density at radius 3 is 2.89 bits per heavy atom. The number of rotatable bonds is 7. The molecule has 0 amide bonds. The first kappa shape index (κ1) is 12.8. The minimum Gasteiger partial charge on any atom is -0.337 e. The van der Waals surface area contributed by atoms with E-state index in [1.54, 1.807) is 0 Å². The first-order chi connectivity index (χ1) is 8.77. The second-order valence-electron chi connectivity index (χ2n) is 4.56. The van der Waals surface area contributed by atoms with E-state index in [4.69, 9.17) is 0 Å². The number of hydrogen-bond acceptors (Lipinski definition) is 3. The van der Waals surface area contributed by atoms with Gasteiger partial charge in [0.2, 0.25) is 0 Å². The highest BCUT2D eigenvalue weighted by atomic mass is 15.3. The Kier molecular flexibility index (Phi) is 4.52. The second kappa shape index (κ2) is 6.35. The molecular weight excluding hydrogens is 226 g/mol. The van der Waals surface area contributed by atoms with E-state index in [9.17, 15) is 0 Å². The molecule has 0 saturated heterocycles. The fraction of sp³-hybridized carbons (Fsp3) is 0.538. The highest BCUT2D eigenvalue weighted by molar-refractivity contribution is 5.04. The third-order valence-electron chi connectivity index (χ3n) is 3.16. The molecule has 0 saturated carbocycles. The average molecular weight is 247 g/mol. The number of aryl methyl sites for hydroxylation is 2. The van der Waals surface area contributed by atoms with E-state index in [2.05, 4.69) is 33.0 Å². The summed E-state index contributed by atoms with van der Waals surface area (Å²) in [7, 11) is 1.98. The summed E-state index contributed by atoms with van der Waals surface area (Å²) in [6.45, 7) is 4.25. The molecule has 98 valence electrons. The van der Waals surface area contributed by atoms with Crippen molar-refractivity contribution in [1.82, 2.24) is 24.6 Å². The summed E-state index contributed by atoms with van der Waals surface area (Å²) < 4.78 is 4.04. The Labute approximate surface area is 108 Å². The van der Waals surface area contributed by atoms with Crippen molar-refractivity contribution in [1.29, 1.82) is 0 Å². The standard InChI is InChI=1S/C13H21N5/c1-12(13-5-7-16-17(13)2)15-6-3-4-9-18-10-8-14-11-18/h5,7-8,10-12,15H,3-4,6,9H2,1-2H3. The molecule has 1 unspecified atom stereocenters. The van der Waals surface area contributed by atoms with Gasteiger partial charge in [-0.25, -0.2) is 4.98 Å². The fourth-order valence-corrected chi connectivity index (χ4v) is 2.07. The van der Waals surface area contributed by atoms with Crippen LogP contribution in [0.4, 0.5) is 0 Å². The molecule has 2 aromatic rings. The first-order valence-corrected chi connectivity index (χ1v) is 6.44.